The molecule has 3 aromatic rings. The van der Waals surface area contributed by atoms with Crippen molar-refractivity contribution in [2.45, 2.75) is 39.2 Å². The van der Waals surface area contributed by atoms with Crippen molar-refractivity contribution in [3.8, 4) is 5.75 Å². The first-order valence-corrected chi connectivity index (χ1v) is 10.7. The number of ether oxygens (including phenoxy) is 1. The van der Waals surface area contributed by atoms with E-state index in [1.807, 2.05) is 18.2 Å². The van der Waals surface area contributed by atoms with Crippen LogP contribution in [0.5, 0.6) is 5.75 Å². The predicted octanol–water partition coefficient (Wildman–Crippen LogP) is 5.07. The van der Waals surface area contributed by atoms with E-state index in [0.29, 0.717) is 23.4 Å². The van der Waals surface area contributed by atoms with Gasteiger partial charge in [0.1, 0.15) is 12.3 Å². The van der Waals surface area contributed by atoms with Gasteiger partial charge in [0.05, 0.1) is 12.3 Å². The average molecular weight is 418 g/mol. The second kappa shape index (κ2) is 11.6. The molecule has 160 valence electrons. The fourth-order valence-corrected chi connectivity index (χ4v) is 3.32. The maximum atomic E-state index is 12.5. The normalized spacial score (nSPS) is 10.5. The second-order valence-corrected chi connectivity index (χ2v) is 7.46. The molecule has 3 rings (SSSR count). The standard InChI is InChI=1S/C26H28N2O3/c1-21(29)24-11-5-6-12-25(24)27-26(30)22-13-15-23(16-14-22)31-20-10-3-2-7-17-28-18-8-4-9-19-28/h4-6,8-9,11-16,18-19H,2-3,7,10,17,20H2,1H3/p+1. The Morgan fingerprint density at radius 2 is 1.55 bits per heavy atom. The number of pyridine rings is 1. The monoisotopic (exact) mass is 417 g/mol. The van der Waals surface area contributed by atoms with Crippen LogP contribution in [0.1, 0.15) is 53.3 Å². The largest absolute Gasteiger partial charge is 0.494 e. The van der Waals surface area contributed by atoms with Crippen LogP contribution in [0.25, 0.3) is 0 Å². The molecule has 31 heavy (non-hydrogen) atoms. The molecule has 0 bridgehead atoms. The number of Topliss-reactive ketones (excluding diaryl/α,β-unsaturated/α-hetero) is 1. The number of benzene rings is 2. The summed E-state index contributed by atoms with van der Waals surface area (Å²) in [4.78, 5) is 24.2. The molecule has 0 spiro atoms. The van der Waals surface area contributed by atoms with Gasteiger partial charge in [0, 0.05) is 29.7 Å². The summed E-state index contributed by atoms with van der Waals surface area (Å²) in [5.74, 6) is 0.413. The van der Waals surface area contributed by atoms with E-state index in [1.54, 1.807) is 48.5 Å². The molecule has 5 nitrogen and oxygen atoms in total. The summed E-state index contributed by atoms with van der Waals surface area (Å²) in [7, 11) is 0. The number of aromatic nitrogens is 1. The number of hydrogen-bond donors (Lipinski definition) is 1. The van der Waals surface area contributed by atoms with Crippen molar-refractivity contribution in [2.24, 2.45) is 0 Å². The number of amides is 1. The van der Waals surface area contributed by atoms with E-state index in [9.17, 15) is 9.59 Å². The van der Waals surface area contributed by atoms with Gasteiger partial charge in [0.15, 0.2) is 18.2 Å². The van der Waals surface area contributed by atoms with Gasteiger partial charge in [0.2, 0.25) is 0 Å². The van der Waals surface area contributed by atoms with E-state index in [4.69, 9.17) is 4.74 Å². The molecule has 1 aromatic heterocycles. The average Bonchev–Trinajstić information content (AvgIpc) is 2.79. The number of nitrogens with one attached hydrogen (secondary N) is 1. The molecule has 0 radical (unpaired) electrons. The SMILES string of the molecule is CC(=O)c1ccccc1NC(=O)c1ccc(OCCCCCC[n+]2ccccc2)cc1. The molecule has 0 saturated heterocycles. The molecule has 2 aromatic carbocycles. The third-order valence-electron chi connectivity index (χ3n) is 5.03. The number of anilines is 1. The summed E-state index contributed by atoms with van der Waals surface area (Å²) in [5, 5.41) is 2.81. The molecule has 0 aliphatic heterocycles. The Hall–Kier alpha value is -3.47. The molecular formula is C26H29N2O3+. The van der Waals surface area contributed by atoms with E-state index < -0.39 is 0 Å². The van der Waals surface area contributed by atoms with Crippen LogP contribution < -0.4 is 14.6 Å². The molecular weight excluding hydrogens is 388 g/mol. The highest BCUT2D eigenvalue weighted by Gasteiger charge is 2.11. The van der Waals surface area contributed by atoms with Gasteiger partial charge in [0.25, 0.3) is 5.91 Å². The maximum Gasteiger partial charge on any atom is 0.255 e. The van der Waals surface area contributed by atoms with Crippen molar-refractivity contribution in [3.63, 3.8) is 0 Å². The van der Waals surface area contributed by atoms with E-state index in [1.165, 1.54) is 13.3 Å². The smallest absolute Gasteiger partial charge is 0.255 e. The highest BCUT2D eigenvalue weighted by molar-refractivity contribution is 6.09. The lowest BCUT2D eigenvalue weighted by atomic mass is 10.1. The van der Waals surface area contributed by atoms with E-state index >= 15 is 0 Å². The van der Waals surface area contributed by atoms with Crippen LogP contribution >= 0.6 is 0 Å². The van der Waals surface area contributed by atoms with Crippen molar-refractivity contribution < 1.29 is 18.9 Å². The van der Waals surface area contributed by atoms with Crippen molar-refractivity contribution in [3.05, 3.63) is 90.3 Å². The summed E-state index contributed by atoms with van der Waals surface area (Å²) in [6.45, 7) is 3.19. The lowest BCUT2D eigenvalue weighted by Gasteiger charge is -2.10. The summed E-state index contributed by atoms with van der Waals surface area (Å²) in [6, 6.07) is 20.2. The molecule has 0 saturated carbocycles. The number of unbranched alkanes of at least 4 members (excludes halogenated alkanes) is 3. The van der Waals surface area contributed by atoms with Crippen molar-refractivity contribution in [1.82, 2.24) is 0 Å². The summed E-state index contributed by atoms with van der Waals surface area (Å²) in [6.07, 6.45) is 8.65. The topological polar surface area (TPSA) is 59.3 Å². The third-order valence-corrected chi connectivity index (χ3v) is 5.03. The first-order chi connectivity index (χ1) is 15.1. The second-order valence-electron chi connectivity index (χ2n) is 7.46. The van der Waals surface area contributed by atoms with Gasteiger partial charge in [-0.3, -0.25) is 9.59 Å². The van der Waals surface area contributed by atoms with Crippen LogP contribution in [0.4, 0.5) is 5.69 Å². The fraction of sp³-hybridized carbons (Fsp3) is 0.269. The molecule has 0 fully saturated rings. The zero-order valence-corrected chi connectivity index (χ0v) is 17.9. The van der Waals surface area contributed by atoms with E-state index in [-0.39, 0.29) is 11.7 Å². The molecule has 5 heteroatoms. The summed E-state index contributed by atoms with van der Waals surface area (Å²) >= 11 is 0. The van der Waals surface area contributed by atoms with Crippen LogP contribution in [0.3, 0.4) is 0 Å². The van der Waals surface area contributed by atoms with Gasteiger partial charge in [-0.15, -0.1) is 0 Å². The van der Waals surface area contributed by atoms with Crippen molar-refractivity contribution in [1.29, 1.82) is 0 Å². The van der Waals surface area contributed by atoms with Crippen molar-refractivity contribution >= 4 is 17.4 Å². The number of carbonyl (C=O) groups excluding carboxylic acids is 2. The minimum atomic E-state index is -0.253. The molecule has 0 aliphatic rings. The number of carbonyl (C=O) groups is 2. The van der Waals surface area contributed by atoms with Gasteiger partial charge in [-0.1, -0.05) is 18.2 Å². The Labute approximate surface area is 183 Å². The predicted molar refractivity (Wildman–Crippen MR) is 121 cm³/mol. The molecule has 0 aliphatic carbocycles. The quantitative estimate of drug-likeness (QED) is 0.269. The number of rotatable bonds is 11. The third kappa shape index (κ3) is 7.07. The first kappa shape index (κ1) is 22.2. The first-order valence-electron chi connectivity index (χ1n) is 10.7. The van der Waals surface area contributed by atoms with Gasteiger partial charge < -0.3 is 10.1 Å². The molecule has 0 unspecified atom stereocenters. The van der Waals surface area contributed by atoms with Crippen LogP contribution in [0.2, 0.25) is 0 Å². The zero-order valence-electron chi connectivity index (χ0n) is 17.9. The minimum Gasteiger partial charge on any atom is -0.494 e. The highest BCUT2D eigenvalue weighted by Crippen LogP contribution is 2.18. The summed E-state index contributed by atoms with van der Waals surface area (Å²) in [5.41, 5.74) is 1.54. The van der Waals surface area contributed by atoms with Gasteiger partial charge >= 0.3 is 0 Å². The lowest BCUT2D eigenvalue weighted by molar-refractivity contribution is -0.697. The van der Waals surface area contributed by atoms with Gasteiger partial charge in [-0.2, -0.15) is 0 Å². The van der Waals surface area contributed by atoms with Crippen LogP contribution in [0.15, 0.2) is 79.1 Å². The Bertz CT molecular complexity index is 985. The highest BCUT2D eigenvalue weighted by atomic mass is 16.5. The Kier molecular flexibility index (Phi) is 8.35. The Balaban J connectivity index is 1.38. The van der Waals surface area contributed by atoms with Gasteiger partial charge in [-0.25, -0.2) is 4.57 Å². The van der Waals surface area contributed by atoms with Crippen LogP contribution in [-0.4, -0.2) is 18.3 Å². The number of aryl methyl sites for hydroxylation is 1. The number of hydrogen-bond acceptors (Lipinski definition) is 3. The number of para-hydroxylation sites is 1. The minimum absolute atomic E-state index is 0.0848. The van der Waals surface area contributed by atoms with E-state index in [0.717, 1.165) is 31.6 Å². The number of nitrogens with zero attached hydrogens (tertiary/aromatic N) is 1. The zero-order chi connectivity index (χ0) is 21.9. The molecule has 1 heterocycles. The fourth-order valence-electron chi connectivity index (χ4n) is 3.32. The van der Waals surface area contributed by atoms with Gasteiger partial charge in [-0.05, 0) is 62.6 Å². The molecule has 1 N–H and O–H groups in total. The summed E-state index contributed by atoms with van der Waals surface area (Å²) < 4.78 is 7.99. The molecule has 0 atom stereocenters. The van der Waals surface area contributed by atoms with Crippen LogP contribution in [0, 0.1) is 0 Å². The van der Waals surface area contributed by atoms with Crippen LogP contribution in [-0.2, 0) is 6.54 Å². The Morgan fingerprint density at radius 1 is 0.839 bits per heavy atom. The van der Waals surface area contributed by atoms with E-state index in [2.05, 4.69) is 22.3 Å². The molecule has 1 amide bonds. The number of ketones is 1. The Morgan fingerprint density at radius 3 is 2.29 bits per heavy atom. The lowest BCUT2D eigenvalue weighted by Crippen LogP contribution is -2.32. The van der Waals surface area contributed by atoms with Crippen molar-refractivity contribution in [2.75, 3.05) is 11.9 Å². The maximum absolute atomic E-state index is 12.5.